The van der Waals surface area contributed by atoms with Crippen molar-refractivity contribution in [3.8, 4) is 0 Å². The minimum absolute atomic E-state index is 0.0432. The molecule has 2 rings (SSSR count). The van der Waals surface area contributed by atoms with Crippen LogP contribution in [0.3, 0.4) is 0 Å². The molecule has 0 aliphatic heterocycles. The van der Waals surface area contributed by atoms with E-state index in [4.69, 9.17) is 16.3 Å². The van der Waals surface area contributed by atoms with Gasteiger partial charge in [-0.2, -0.15) is 0 Å². The highest BCUT2D eigenvalue weighted by atomic mass is 35.5. The molecule has 0 saturated heterocycles. The lowest BCUT2D eigenvalue weighted by atomic mass is 10.2. The molecule has 0 radical (unpaired) electrons. The van der Waals surface area contributed by atoms with Crippen molar-refractivity contribution in [2.24, 2.45) is 0 Å². The fourth-order valence-corrected chi connectivity index (χ4v) is 2.98. The molecule has 0 spiro atoms. The second-order valence-electron chi connectivity index (χ2n) is 4.32. The van der Waals surface area contributed by atoms with Crippen molar-refractivity contribution in [3.05, 3.63) is 16.2 Å². The van der Waals surface area contributed by atoms with Gasteiger partial charge in [0.05, 0.1) is 30.2 Å². The first-order valence-corrected chi connectivity index (χ1v) is 7.85. The first kappa shape index (κ1) is 15.9. The third kappa shape index (κ3) is 3.42. The fourth-order valence-electron chi connectivity index (χ4n) is 1.85. The van der Waals surface area contributed by atoms with Gasteiger partial charge in [0.25, 0.3) is 0 Å². The number of anilines is 1. The Morgan fingerprint density at radius 1 is 1.52 bits per heavy atom. The number of nitrogens with zero attached hydrogens (tertiary/aromatic N) is 2. The van der Waals surface area contributed by atoms with Gasteiger partial charge in [-0.3, -0.25) is 0 Å². The Bertz CT molecular complexity index is 643. The Kier molecular flexibility index (Phi) is 5.33. The SMILES string of the molecule is CCOC(=O)c1csc2nc(Cl)nc(NC(CC)CO)c12. The Balaban J connectivity index is 2.51. The minimum Gasteiger partial charge on any atom is -0.462 e. The summed E-state index contributed by atoms with van der Waals surface area (Å²) >= 11 is 7.21. The number of ether oxygens (including phenoxy) is 1. The molecule has 21 heavy (non-hydrogen) atoms. The number of aliphatic hydroxyl groups is 1. The Hall–Kier alpha value is -1.44. The number of hydrogen-bond donors (Lipinski definition) is 2. The minimum atomic E-state index is -0.422. The average molecular weight is 330 g/mol. The lowest BCUT2D eigenvalue weighted by Crippen LogP contribution is -2.23. The zero-order valence-electron chi connectivity index (χ0n) is 11.7. The van der Waals surface area contributed by atoms with Gasteiger partial charge in [0.15, 0.2) is 0 Å². The van der Waals surface area contributed by atoms with E-state index >= 15 is 0 Å². The average Bonchev–Trinajstić information content (AvgIpc) is 2.88. The van der Waals surface area contributed by atoms with Crippen LogP contribution in [0.1, 0.15) is 30.6 Å². The smallest absolute Gasteiger partial charge is 0.339 e. The quantitative estimate of drug-likeness (QED) is 0.626. The molecule has 0 aromatic carbocycles. The van der Waals surface area contributed by atoms with E-state index in [9.17, 15) is 9.90 Å². The molecule has 0 bridgehead atoms. The van der Waals surface area contributed by atoms with E-state index in [2.05, 4.69) is 15.3 Å². The molecule has 1 atom stereocenters. The van der Waals surface area contributed by atoms with Crippen molar-refractivity contribution in [1.29, 1.82) is 0 Å². The van der Waals surface area contributed by atoms with Gasteiger partial charge >= 0.3 is 5.97 Å². The Morgan fingerprint density at radius 2 is 2.29 bits per heavy atom. The molecule has 0 aliphatic rings. The maximum Gasteiger partial charge on any atom is 0.339 e. The predicted octanol–water partition coefficient (Wildman–Crippen LogP) is 2.70. The number of aliphatic hydroxyl groups excluding tert-OH is 1. The molecule has 2 aromatic rings. The van der Waals surface area contributed by atoms with Crippen LogP contribution < -0.4 is 5.32 Å². The van der Waals surface area contributed by atoms with Crippen LogP contribution in [-0.4, -0.2) is 40.3 Å². The molecule has 0 saturated carbocycles. The van der Waals surface area contributed by atoms with Gasteiger partial charge in [-0.05, 0) is 24.9 Å². The zero-order valence-corrected chi connectivity index (χ0v) is 13.3. The maximum absolute atomic E-state index is 12.0. The van der Waals surface area contributed by atoms with Gasteiger partial charge in [-0.1, -0.05) is 6.92 Å². The molecule has 0 amide bonds. The molecule has 0 fully saturated rings. The van der Waals surface area contributed by atoms with E-state index in [1.54, 1.807) is 12.3 Å². The van der Waals surface area contributed by atoms with Crippen LogP contribution in [0.2, 0.25) is 5.28 Å². The highest BCUT2D eigenvalue weighted by Gasteiger charge is 2.20. The van der Waals surface area contributed by atoms with Gasteiger partial charge < -0.3 is 15.2 Å². The third-order valence-corrected chi connectivity index (χ3v) is 4.00. The molecule has 1 unspecified atom stereocenters. The summed E-state index contributed by atoms with van der Waals surface area (Å²) < 4.78 is 5.04. The van der Waals surface area contributed by atoms with Crippen molar-refractivity contribution in [1.82, 2.24) is 9.97 Å². The van der Waals surface area contributed by atoms with Crippen LogP contribution >= 0.6 is 22.9 Å². The van der Waals surface area contributed by atoms with Gasteiger partial charge in [-0.25, -0.2) is 14.8 Å². The molecule has 2 aromatic heterocycles. The van der Waals surface area contributed by atoms with Crippen LogP contribution in [0, 0.1) is 0 Å². The van der Waals surface area contributed by atoms with Gasteiger partial charge in [0, 0.05) is 5.38 Å². The number of thiophene rings is 1. The molecule has 6 nitrogen and oxygen atoms in total. The molecule has 2 heterocycles. The summed E-state index contributed by atoms with van der Waals surface area (Å²) in [6.45, 7) is 3.94. The van der Waals surface area contributed by atoms with Gasteiger partial charge in [0.2, 0.25) is 5.28 Å². The highest BCUT2D eigenvalue weighted by Crippen LogP contribution is 2.32. The second-order valence-corrected chi connectivity index (χ2v) is 5.52. The number of hydrogen-bond acceptors (Lipinski definition) is 7. The number of carbonyl (C=O) groups excluding carboxylic acids is 1. The van der Waals surface area contributed by atoms with E-state index in [1.165, 1.54) is 11.3 Å². The molecule has 114 valence electrons. The van der Waals surface area contributed by atoms with Crippen molar-refractivity contribution in [3.63, 3.8) is 0 Å². The van der Waals surface area contributed by atoms with E-state index in [0.717, 1.165) is 0 Å². The first-order chi connectivity index (χ1) is 10.1. The zero-order chi connectivity index (χ0) is 15.4. The number of aromatic nitrogens is 2. The fraction of sp³-hybridized carbons (Fsp3) is 0.462. The van der Waals surface area contributed by atoms with Crippen LogP contribution in [0.15, 0.2) is 5.38 Å². The Labute approximate surface area is 131 Å². The lowest BCUT2D eigenvalue weighted by Gasteiger charge is -2.15. The maximum atomic E-state index is 12.0. The Morgan fingerprint density at radius 3 is 2.90 bits per heavy atom. The molecular weight excluding hydrogens is 314 g/mol. The summed E-state index contributed by atoms with van der Waals surface area (Å²) in [4.78, 5) is 20.9. The van der Waals surface area contributed by atoms with Crippen molar-refractivity contribution < 1.29 is 14.6 Å². The number of esters is 1. The van der Waals surface area contributed by atoms with Crippen molar-refractivity contribution in [2.45, 2.75) is 26.3 Å². The van der Waals surface area contributed by atoms with Crippen LogP contribution in [0.5, 0.6) is 0 Å². The number of halogens is 1. The van der Waals surface area contributed by atoms with Gasteiger partial charge in [-0.15, -0.1) is 11.3 Å². The van der Waals surface area contributed by atoms with E-state index in [-0.39, 0.29) is 17.9 Å². The third-order valence-electron chi connectivity index (χ3n) is 2.96. The van der Waals surface area contributed by atoms with E-state index in [1.807, 2.05) is 6.92 Å². The number of fused-ring (bicyclic) bond motifs is 1. The van der Waals surface area contributed by atoms with E-state index in [0.29, 0.717) is 34.6 Å². The van der Waals surface area contributed by atoms with Crippen LogP contribution in [0.4, 0.5) is 5.82 Å². The highest BCUT2D eigenvalue weighted by molar-refractivity contribution is 7.17. The van der Waals surface area contributed by atoms with Crippen molar-refractivity contribution >= 4 is 44.9 Å². The van der Waals surface area contributed by atoms with Gasteiger partial charge in [0.1, 0.15) is 10.6 Å². The number of rotatable bonds is 6. The molecule has 8 heteroatoms. The summed E-state index contributed by atoms with van der Waals surface area (Å²) in [7, 11) is 0. The summed E-state index contributed by atoms with van der Waals surface area (Å²) in [6.07, 6.45) is 0.707. The molecule has 2 N–H and O–H groups in total. The van der Waals surface area contributed by atoms with Crippen LogP contribution in [-0.2, 0) is 4.74 Å². The number of carbonyl (C=O) groups is 1. The summed E-state index contributed by atoms with van der Waals surface area (Å²) in [5.74, 6) is 0.0185. The summed E-state index contributed by atoms with van der Waals surface area (Å²) in [5, 5.41) is 14.8. The molecular formula is C13H16ClN3O3S. The summed E-state index contributed by atoms with van der Waals surface area (Å²) in [5.41, 5.74) is 0.406. The van der Waals surface area contributed by atoms with E-state index < -0.39 is 5.97 Å². The van der Waals surface area contributed by atoms with Crippen LogP contribution in [0.25, 0.3) is 10.2 Å². The predicted molar refractivity (Wildman–Crippen MR) is 83.2 cm³/mol. The monoisotopic (exact) mass is 329 g/mol. The topological polar surface area (TPSA) is 84.3 Å². The normalized spacial score (nSPS) is 12.4. The standard InChI is InChI=1S/C13H16ClN3O3S/c1-3-7(5-18)15-10-9-8(12(19)20-4-2)6-21-11(9)17-13(14)16-10/h6-7,18H,3-5H2,1-2H3,(H,15,16,17). The summed E-state index contributed by atoms with van der Waals surface area (Å²) in [6, 6.07) is -0.172. The van der Waals surface area contributed by atoms with Crippen molar-refractivity contribution in [2.75, 3.05) is 18.5 Å². The second kappa shape index (κ2) is 7.02. The number of nitrogens with one attached hydrogen (secondary N) is 1. The molecule has 0 aliphatic carbocycles. The first-order valence-electron chi connectivity index (χ1n) is 6.59. The lowest BCUT2D eigenvalue weighted by molar-refractivity contribution is 0.0529. The largest absolute Gasteiger partial charge is 0.462 e.